The van der Waals surface area contributed by atoms with Crippen molar-refractivity contribution in [3.8, 4) is 0 Å². The Hall–Kier alpha value is -1.24. The number of amides is 2. The lowest BCUT2D eigenvalue weighted by molar-refractivity contribution is -0.146. The van der Waals surface area contributed by atoms with Gasteiger partial charge in [-0.3, -0.25) is 9.59 Å². The fraction of sp³-hybridized carbons (Fsp3) is 0.800. The first-order valence-corrected chi connectivity index (χ1v) is 9.03. The Morgan fingerprint density at radius 2 is 2.05 bits per heavy atom. The lowest BCUT2D eigenvalue weighted by Gasteiger charge is -2.28. The first-order chi connectivity index (χ1) is 10.6. The summed E-state index contributed by atoms with van der Waals surface area (Å²) < 4.78 is 4.90. The number of ether oxygens (including phenoxy) is 1. The van der Waals surface area contributed by atoms with Crippen LogP contribution in [-0.4, -0.2) is 47.5 Å². The average molecular weight is 328 g/mol. The van der Waals surface area contributed by atoms with Gasteiger partial charge in [-0.1, -0.05) is 19.3 Å². The van der Waals surface area contributed by atoms with Crippen molar-refractivity contribution in [1.82, 2.24) is 10.6 Å². The molecule has 0 aromatic heterocycles. The van der Waals surface area contributed by atoms with Crippen molar-refractivity contribution in [2.45, 2.75) is 62.8 Å². The highest BCUT2D eigenvalue weighted by Crippen LogP contribution is 2.22. The van der Waals surface area contributed by atoms with Crippen LogP contribution in [0.4, 0.5) is 0 Å². The monoisotopic (exact) mass is 328 g/mol. The molecule has 2 fully saturated rings. The van der Waals surface area contributed by atoms with Gasteiger partial charge in [-0.15, -0.1) is 11.8 Å². The van der Waals surface area contributed by atoms with Gasteiger partial charge in [0.15, 0.2) is 0 Å². The van der Waals surface area contributed by atoms with Crippen LogP contribution in [0.3, 0.4) is 0 Å². The average Bonchev–Trinajstić information content (AvgIpc) is 2.50. The Balaban J connectivity index is 1.75. The smallest absolute Gasteiger partial charge is 0.329 e. The zero-order valence-electron chi connectivity index (χ0n) is 12.9. The summed E-state index contributed by atoms with van der Waals surface area (Å²) >= 11 is 1.35. The van der Waals surface area contributed by atoms with E-state index >= 15 is 0 Å². The maximum Gasteiger partial charge on any atom is 0.329 e. The molecule has 1 aliphatic carbocycles. The Morgan fingerprint density at radius 3 is 2.68 bits per heavy atom. The third-order valence-electron chi connectivity index (χ3n) is 3.99. The summed E-state index contributed by atoms with van der Waals surface area (Å²) in [6.07, 6.45) is 5.78. The number of nitrogens with one attached hydrogen (secondary N) is 2. The molecule has 2 atom stereocenters. The van der Waals surface area contributed by atoms with E-state index in [4.69, 9.17) is 4.74 Å². The molecule has 0 radical (unpaired) electrons. The van der Waals surface area contributed by atoms with E-state index in [0.29, 0.717) is 12.4 Å². The van der Waals surface area contributed by atoms with Crippen molar-refractivity contribution in [3.63, 3.8) is 0 Å². The van der Waals surface area contributed by atoms with Crippen LogP contribution in [0.25, 0.3) is 0 Å². The second kappa shape index (κ2) is 8.41. The second-order valence-corrected chi connectivity index (χ2v) is 6.98. The molecule has 2 N–H and O–H groups in total. The SMILES string of the molecule is CCOC(=O)[C@@H]1CS[C@H](CC(=O)NC2CCCCC2)C(=O)N1. The summed E-state index contributed by atoms with van der Waals surface area (Å²) in [4.78, 5) is 35.7. The van der Waals surface area contributed by atoms with Gasteiger partial charge in [-0.25, -0.2) is 4.79 Å². The molecule has 1 saturated heterocycles. The Labute approximate surface area is 135 Å². The molecule has 2 amide bonds. The van der Waals surface area contributed by atoms with E-state index in [-0.39, 0.29) is 24.3 Å². The molecule has 0 aromatic rings. The molecule has 1 heterocycles. The van der Waals surface area contributed by atoms with E-state index in [9.17, 15) is 14.4 Å². The molecule has 1 saturated carbocycles. The zero-order valence-corrected chi connectivity index (χ0v) is 13.7. The highest BCUT2D eigenvalue weighted by atomic mass is 32.2. The van der Waals surface area contributed by atoms with Gasteiger partial charge in [-0.2, -0.15) is 0 Å². The summed E-state index contributed by atoms with van der Waals surface area (Å²) in [7, 11) is 0. The minimum atomic E-state index is -0.602. The zero-order chi connectivity index (χ0) is 15.9. The molecular weight excluding hydrogens is 304 g/mol. The highest BCUT2D eigenvalue weighted by Gasteiger charge is 2.34. The van der Waals surface area contributed by atoms with Gasteiger partial charge in [0, 0.05) is 18.2 Å². The fourth-order valence-electron chi connectivity index (χ4n) is 2.82. The van der Waals surface area contributed by atoms with Crippen molar-refractivity contribution >= 4 is 29.5 Å². The number of hydrogen-bond donors (Lipinski definition) is 2. The van der Waals surface area contributed by atoms with Crippen molar-refractivity contribution < 1.29 is 19.1 Å². The third kappa shape index (κ3) is 4.90. The number of hydrogen-bond acceptors (Lipinski definition) is 5. The van der Waals surface area contributed by atoms with Gasteiger partial charge in [0.25, 0.3) is 0 Å². The van der Waals surface area contributed by atoms with Crippen molar-refractivity contribution in [3.05, 3.63) is 0 Å². The standard InChI is InChI=1S/C15H24N2O4S/c1-2-21-15(20)11-9-22-12(14(19)17-11)8-13(18)16-10-6-4-3-5-7-10/h10-12H,2-9H2,1H3,(H,16,18)(H,17,19)/t11-,12+/m0/s1. The van der Waals surface area contributed by atoms with Gasteiger partial charge < -0.3 is 15.4 Å². The van der Waals surface area contributed by atoms with Crippen molar-refractivity contribution in [2.24, 2.45) is 0 Å². The molecule has 0 bridgehead atoms. The quantitative estimate of drug-likeness (QED) is 0.735. The summed E-state index contributed by atoms with van der Waals surface area (Å²) in [6, 6.07) is -0.347. The van der Waals surface area contributed by atoms with Crippen LogP contribution >= 0.6 is 11.8 Å². The van der Waals surface area contributed by atoms with Crippen LogP contribution in [0.2, 0.25) is 0 Å². The number of carbonyl (C=O) groups is 3. The maximum absolute atomic E-state index is 12.0. The van der Waals surface area contributed by atoms with Crippen molar-refractivity contribution in [1.29, 1.82) is 0 Å². The summed E-state index contributed by atoms with van der Waals surface area (Å²) in [5.41, 5.74) is 0. The topological polar surface area (TPSA) is 84.5 Å². The van der Waals surface area contributed by atoms with Crippen LogP contribution in [0, 0.1) is 0 Å². The highest BCUT2D eigenvalue weighted by molar-refractivity contribution is 8.00. The third-order valence-corrected chi connectivity index (χ3v) is 5.29. The van der Waals surface area contributed by atoms with Crippen LogP contribution in [-0.2, 0) is 19.1 Å². The summed E-state index contributed by atoms with van der Waals surface area (Å²) in [5.74, 6) is -0.290. The fourth-order valence-corrected chi connectivity index (χ4v) is 3.95. The molecule has 124 valence electrons. The lowest BCUT2D eigenvalue weighted by atomic mass is 9.95. The van der Waals surface area contributed by atoms with Crippen LogP contribution in [0.1, 0.15) is 45.4 Å². The van der Waals surface area contributed by atoms with E-state index in [1.807, 2.05) is 0 Å². The number of carbonyl (C=O) groups excluding carboxylic acids is 3. The van der Waals surface area contributed by atoms with Gasteiger partial charge in [-0.05, 0) is 19.8 Å². The predicted octanol–water partition coefficient (Wildman–Crippen LogP) is 0.989. The number of thioether (sulfide) groups is 1. The normalized spacial score (nSPS) is 26.1. The number of esters is 1. The molecule has 2 rings (SSSR count). The first-order valence-electron chi connectivity index (χ1n) is 7.98. The molecule has 1 aliphatic heterocycles. The van der Waals surface area contributed by atoms with Crippen LogP contribution < -0.4 is 10.6 Å². The number of rotatable bonds is 5. The van der Waals surface area contributed by atoms with Crippen LogP contribution in [0.5, 0.6) is 0 Å². The molecule has 22 heavy (non-hydrogen) atoms. The maximum atomic E-state index is 12.0. The first kappa shape index (κ1) is 17.1. The molecular formula is C15H24N2O4S. The minimum Gasteiger partial charge on any atom is -0.464 e. The lowest BCUT2D eigenvalue weighted by Crippen LogP contribution is -2.52. The van der Waals surface area contributed by atoms with Gasteiger partial charge in [0.05, 0.1) is 11.9 Å². The van der Waals surface area contributed by atoms with Crippen LogP contribution in [0.15, 0.2) is 0 Å². The van der Waals surface area contributed by atoms with E-state index in [1.54, 1.807) is 6.92 Å². The minimum absolute atomic E-state index is 0.0749. The van der Waals surface area contributed by atoms with Gasteiger partial charge >= 0.3 is 5.97 Å². The van der Waals surface area contributed by atoms with E-state index < -0.39 is 17.3 Å². The largest absolute Gasteiger partial charge is 0.464 e. The Kier molecular flexibility index (Phi) is 6.54. The van der Waals surface area contributed by atoms with E-state index in [0.717, 1.165) is 25.7 Å². The predicted molar refractivity (Wildman–Crippen MR) is 84.4 cm³/mol. The van der Waals surface area contributed by atoms with Gasteiger partial charge in [0.1, 0.15) is 6.04 Å². The molecule has 6 nitrogen and oxygen atoms in total. The van der Waals surface area contributed by atoms with E-state index in [2.05, 4.69) is 10.6 Å². The van der Waals surface area contributed by atoms with Gasteiger partial charge in [0.2, 0.25) is 11.8 Å². The second-order valence-electron chi connectivity index (χ2n) is 5.74. The molecule has 2 aliphatic rings. The van der Waals surface area contributed by atoms with E-state index in [1.165, 1.54) is 18.2 Å². The van der Waals surface area contributed by atoms with Crippen molar-refractivity contribution in [2.75, 3.05) is 12.4 Å². The summed E-state index contributed by atoms with van der Waals surface area (Å²) in [5, 5.41) is 5.24. The molecule has 0 unspecified atom stereocenters. The summed E-state index contributed by atoms with van der Waals surface area (Å²) in [6.45, 7) is 2.02. The Bertz CT molecular complexity index is 424. The molecule has 0 aromatic carbocycles. The molecule has 7 heteroatoms. The Morgan fingerprint density at radius 1 is 1.32 bits per heavy atom. The molecule has 0 spiro atoms.